The smallest absolute Gasteiger partial charge is 0.236 e. The number of aromatic nitrogens is 3. The second-order valence-electron chi connectivity index (χ2n) is 6.22. The number of amides is 1. The van der Waals surface area contributed by atoms with Gasteiger partial charge in [0.1, 0.15) is 5.82 Å². The largest absolute Gasteiger partial charge is 0.356 e. The molecule has 2 atom stereocenters. The van der Waals surface area contributed by atoms with Gasteiger partial charge in [-0.1, -0.05) is 25.6 Å². The fraction of sp³-hybridized carbons (Fsp3) is 0.500. The van der Waals surface area contributed by atoms with Crippen LogP contribution in [0, 0.1) is 11.8 Å². The quantitative estimate of drug-likeness (QED) is 0.650. The third kappa shape index (κ3) is 4.67. The topological polar surface area (TPSA) is 71.0 Å². The Balaban J connectivity index is 1.58. The fourth-order valence-corrected chi connectivity index (χ4v) is 4.17. The highest BCUT2D eigenvalue weighted by Crippen LogP contribution is 2.26. The Labute approximate surface area is 150 Å². The summed E-state index contributed by atoms with van der Waals surface area (Å²) in [4.78, 5) is 27.2. The van der Waals surface area contributed by atoms with Gasteiger partial charge < -0.3 is 10.2 Å². The maximum atomic E-state index is 11.9. The zero-order chi connectivity index (χ0) is 16.9. The minimum Gasteiger partial charge on any atom is -0.356 e. The number of carbonyl (C=O) groups is 1. The van der Waals surface area contributed by atoms with Crippen LogP contribution in [0.25, 0.3) is 0 Å². The van der Waals surface area contributed by atoms with E-state index in [1.165, 1.54) is 29.5 Å². The molecule has 1 saturated heterocycles. The molecule has 0 aliphatic carbocycles. The third-order valence-electron chi connectivity index (χ3n) is 3.82. The Morgan fingerprint density at radius 1 is 1.33 bits per heavy atom. The second kappa shape index (κ2) is 7.94. The average molecular weight is 364 g/mol. The van der Waals surface area contributed by atoms with Gasteiger partial charge in [-0.2, -0.15) is 0 Å². The predicted octanol–water partition coefficient (Wildman–Crippen LogP) is 3.15. The lowest BCUT2D eigenvalue weighted by molar-refractivity contribution is -0.113. The second-order valence-corrected chi connectivity index (χ2v) is 8.06. The molecule has 24 heavy (non-hydrogen) atoms. The van der Waals surface area contributed by atoms with Crippen molar-refractivity contribution in [1.29, 1.82) is 0 Å². The fourth-order valence-electron chi connectivity index (χ4n) is 3.00. The minimum atomic E-state index is -0.0934. The van der Waals surface area contributed by atoms with E-state index >= 15 is 0 Å². The van der Waals surface area contributed by atoms with Gasteiger partial charge in [-0.3, -0.25) is 4.79 Å². The Morgan fingerprint density at radius 2 is 2.12 bits per heavy atom. The summed E-state index contributed by atoms with van der Waals surface area (Å²) in [5.41, 5.74) is 0. The monoisotopic (exact) mass is 363 g/mol. The summed E-state index contributed by atoms with van der Waals surface area (Å²) >= 11 is 2.75. The highest BCUT2D eigenvalue weighted by atomic mass is 32.2. The van der Waals surface area contributed by atoms with Gasteiger partial charge in [-0.25, -0.2) is 15.0 Å². The van der Waals surface area contributed by atoms with Crippen molar-refractivity contribution in [2.24, 2.45) is 11.8 Å². The first kappa shape index (κ1) is 17.2. The first-order valence-corrected chi connectivity index (χ1v) is 9.87. The van der Waals surface area contributed by atoms with Crippen molar-refractivity contribution >= 4 is 40.0 Å². The molecule has 8 heteroatoms. The molecule has 1 amide bonds. The van der Waals surface area contributed by atoms with E-state index in [1.807, 2.05) is 11.4 Å². The summed E-state index contributed by atoms with van der Waals surface area (Å²) in [7, 11) is 0. The summed E-state index contributed by atoms with van der Waals surface area (Å²) < 4.78 is 0. The molecule has 0 bridgehead atoms. The molecular formula is C16H21N5OS2. The van der Waals surface area contributed by atoms with Gasteiger partial charge in [-0.15, -0.1) is 11.3 Å². The van der Waals surface area contributed by atoms with E-state index in [4.69, 9.17) is 0 Å². The van der Waals surface area contributed by atoms with Gasteiger partial charge in [0.25, 0.3) is 0 Å². The molecular weight excluding hydrogens is 342 g/mol. The van der Waals surface area contributed by atoms with Gasteiger partial charge in [0.2, 0.25) is 5.91 Å². The van der Waals surface area contributed by atoms with Gasteiger partial charge >= 0.3 is 0 Å². The van der Waals surface area contributed by atoms with Crippen LogP contribution in [0.2, 0.25) is 0 Å². The molecule has 3 heterocycles. The van der Waals surface area contributed by atoms with Crippen molar-refractivity contribution in [3.05, 3.63) is 23.8 Å². The Kier molecular flexibility index (Phi) is 5.68. The van der Waals surface area contributed by atoms with Crippen LogP contribution >= 0.6 is 23.1 Å². The molecule has 0 saturated carbocycles. The van der Waals surface area contributed by atoms with Crippen molar-refractivity contribution < 1.29 is 4.79 Å². The normalized spacial score (nSPS) is 20.8. The number of hydrogen-bond donors (Lipinski definition) is 1. The van der Waals surface area contributed by atoms with E-state index in [-0.39, 0.29) is 11.7 Å². The molecule has 6 nitrogen and oxygen atoms in total. The predicted molar refractivity (Wildman–Crippen MR) is 98.7 cm³/mol. The van der Waals surface area contributed by atoms with Gasteiger partial charge in [0, 0.05) is 30.9 Å². The van der Waals surface area contributed by atoms with Crippen LogP contribution in [0.4, 0.5) is 10.9 Å². The molecule has 2 aromatic heterocycles. The molecule has 1 fully saturated rings. The van der Waals surface area contributed by atoms with Crippen molar-refractivity contribution in [3.63, 3.8) is 0 Å². The highest BCUT2D eigenvalue weighted by molar-refractivity contribution is 7.99. The number of thiazole rings is 1. The zero-order valence-corrected chi connectivity index (χ0v) is 15.4. The van der Waals surface area contributed by atoms with Gasteiger partial charge in [-0.05, 0) is 24.3 Å². The SMILES string of the molecule is C[C@@H]1C[C@H](C)CN(c2ccnc(SCC(=O)Nc3nccs3)n2)C1. The molecule has 1 aliphatic rings. The summed E-state index contributed by atoms with van der Waals surface area (Å²) in [6.07, 6.45) is 4.70. The lowest BCUT2D eigenvalue weighted by Crippen LogP contribution is -2.39. The lowest BCUT2D eigenvalue weighted by atomic mass is 9.92. The van der Waals surface area contributed by atoms with Gasteiger partial charge in [0.05, 0.1) is 5.75 Å². The third-order valence-corrected chi connectivity index (χ3v) is 5.37. The number of hydrogen-bond acceptors (Lipinski definition) is 7. The number of thioether (sulfide) groups is 1. The number of rotatable bonds is 5. The van der Waals surface area contributed by atoms with Crippen LogP contribution in [-0.2, 0) is 4.79 Å². The van der Waals surface area contributed by atoms with Gasteiger partial charge in [0.15, 0.2) is 10.3 Å². The van der Waals surface area contributed by atoms with Crippen molar-refractivity contribution in [1.82, 2.24) is 15.0 Å². The van der Waals surface area contributed by atoms with Crippen LogP contribution < -0.4 is 10.2 Å². The maximum absolute atomic E-state index is 11.9. The highest BCUT2D eigenvalue weighted by Gasteiger charge is 2.23. The van der Waals surface area contributed by atoms with E-state index in [1.54, 1.807) is 12.4 Å². The van der Waals surface area contributed by atoms with Crippen LogP contribution in [0.1, 0.15) is 20.3 Å². The number of anilines is 2. The molecule has 0 spiro atoms. The summed E-state index contributed by atoms with van der Waals surface area (Å²) in [5, 5.41) is 5.84. The molecule has 0 unspecified atom stereocenters. The van der Waals surface area contributed by atoms with Crippen LogP contribution in [0.5, 0.6) is 0 Å². The summed E-state index contributed by atoms with van der Waals surface area (Å²) in [6, 6.07) is 1.95. The molecule has 1 N–H and O–H groups in total. The standard InChI is InChI=1S/C16H21N5OS2/c1-11-7-12(2)9-21(8-11)13-3-4-17-15(19-13)24-10-14(22)20-16-18-5-6-23-16/h3-6,11-12H,7-10H2,1-2H3,(H,18,20,22)/t11-,12+. The van der Waals surface area contributed by atoms with E-state index in [9.17, 15) is 4.79 Å². The van der Waals surface area contributed by atoms with E-state index in [0.717, 1.165) is 18.9 Å². The lowest BCUT2D eigenvalue weighted by Gasteiger charge is -2.35. The summed E-state index contributed by atoms with van der Waals surface area (Å²) in [6.45, 7) is 6.61. The minimum absolute atomic E-state index is 0.0934. The van der Waals surface area contributed by atoms with E-state index < -0.39 is 0 Å². The van der Waals surface area contributed by atoms with Crippen LogP contribution in [0.3, 0.4) is 0 Å². The number of nitrogens with one attached hydrogen (secondary N) is 1. The van der Waals surface area contributed by atoms with Crippen molar-refractivity contribution in [3.8, 4) is 0 Å². The number of nitrogens with zero attached hydrogens (tertiary/aromatic N) is 4. The average Bonchev–Trinajstić information content (AvgIpc) is 3.05. The van der Waals surface area contributed by atoms with Crippen LogP contribution in [-0.4, -0.2) is 39.7 Å². The summed E-state index contributed by atoms with van der Waals surface area (Å²) in [5.74, 6) is 2.47. The Morgan fingerprint density at radius 3 is 2.83 bits per heavy atom. The van der Waals surface area contributed by atoms with E-state index in [2.05, 4.69) is 39.0 Å². The molecule has 2 aromatic rings. The van der Waals surface area contributed by atoms with Crippen molar-refractivity contribution in [2.45, 2.75) is 25.4 Å². The molecule has 0 radical (unpaired) electrons. The molecule has 0 aromatic carbocycles. The van der Waals surface area contributed by atoms with Crippen molar-refractivity contribution in [2.75, 3.05) is 29.1 Å². The molecule has 3 rings (SSSR count). The maximum Gasteiger partial charge on any atom is 0.236 e. The Hall–Kier alpha value is -1.67. The zero-order valence-electron chi connectivity index (χ0n) is 13.8. The number of piperidine rings is 1. The Bertz CT molecular complexity index is 669. The van der Waals surface area contributed by atoms with Crippen LogP contribution in [0.15, 0.2) is 29.0 Å². The molecule has 1 aliphatic heterocycles. The first-order valence-electron chi connectivity index (χ1n) is 8.00. The molecule has 128 valence electrons. The van der Waals surface area contributed by atoms with E-state index in [0.29, 0.717) is 22.1 Å². The number of carbonyl (C=O) groups excluding carboxylic acids is 1. The first-order chi connectivity index (χ1) is 11.6.